The van der Waals surface area contributed by atoms with Gasteiger partial charge in [0.25, 0.3) is 6.43 Å². The molecule has 2 atom stereocenters. The highest BCUT2D eigenvalue weighted by atomic mass is 32.2. The van der Waals surface area contributed by atoms with Crippen LogP contribution in [0.4, 0.5) is 19.1 Å². The molecule has 4 rings (SSSR count). The number of halogens is 3. The van der Waals surface area contributed by atoms with Gasteiger partial charge in [-0.25, -0.2) is 36.1 Å². The lowest BCUT2D eigenvalue weighted by atomic mass is 10.0. The molecule has 1 aliphatic heterocycles. The van der Waals surface area contributed by atoms with E-state index in [1.807, 2.05) is 0 Å². The normalized spacial score (nSPS) is 20.5. The molecule has 0 radical (unpaired) electrons. The molecule has 2 N–H and O–H groups in total. The van der Waals surface area contributed by atoms with Gasteiger partial charge < -0.3 is 10.4 Å². The third-order valence-corrected chi connectivity index (χ3v) is 6.32. The maximum absolute atomic E-state index is 14.4. The van der Waals surface area contributed by atoms with Gasteiger partial charge in [0.1, 0.15) is 11.2 Å². The van der Waals surface area contributed by atoms with E-state index in [9.17, 15) is 26.7 Å². The molecule has 0 bridgehead atoms. The van der Waals surface area contributed by atoms with Crippen LogP contribution in [0.25, 0.3) is 16.9 Å². The number of fused-ring (bicyclic) bond motifs is 1. The van der Waals surface area contributed by atoms with Gasteiger partial charge >= 0.3 is 0 Å². The smallest absolute Gasteiger partial charge is 0.280 e. The molecule has 4 heterocycles. The topological polar surface area (TPSA) is 113 Å². The zero-order chi connectivity index (χ0) is 22.3. The molecule has 166 valence electrons. The number of nitrogens with one attached hydrogen (secondary N) is 1. The summed E-state index contributed by atoms with van der Waals surface area (Å²) in [5.41, 5.74) is -0.144. The van der Waals surface area contributed by atoms with Crippen molar-refractivity contribution in [3.05, 3.63) is 42.0 Å². The average Bonchev–Trinajstić information content (AvgIpc) is 3.05. The fraction of sp³-hybridized carbons (Fsp3) is 0.389. The Morgan fingerprint density at radius 1 is 1.32 bits per heavy atom. The number of sulfonamides is 1. The van der Waals surface area contributed by atoms with E-state index < -0.39 is 40.1 Å². The number of aromatic nitrogens is 4. The minimum absolute atomic E-state index is 0.0252. The zero-order valence-corrected chi connectivity index (χ0v) is 17.1. The summed E-state index contributed by atoms with van der Waals surface area (Å²) in [6.07, 6.45) is -1.18. The van der Waals surface area contributed by atoms with Crippen LogP contribution in [0.5, 0.6) is 0 Å². The number of anilines is 1. The molecule has 0 aromatic carbocycles. The molecule has 0 saturated carbocycles. The Kier molecular flexibility index (Phi) is 5.58. The van der Waals surface area contributed by atoms with Crippen molar-refractivity contribution in [2.24, 2.45) is 0 Å². The van der Waals surface area contributed by atoms with E-state index in [2.05, 4.69) is 20.4 Å². The maximum Gasteiger partial charge on any atom is 0.280 e. The molecule has 0 amide bonds. The number of alkyl halides is 2. The monoisotopic (exact) mass is 456 g/mol. The van der Waals surface area contributed by atoms with E-state index in [1.165, 1.54) is 33.2 Å². The van der Waals surface area contributed by atoms with Crippen molar-refractivity contribution in [1.29, 1.82) is 0 Å². The van der Waals surface area contributed by atoms with E-state index in [1.54, 1.807) is 0 Å². The van der Waals surface area contributed by atoms with E-state index >= 15 is 0 Å². The molecule has 0 aliphatic carbocycles. The van der Waals surface area contributed by atoms with Crippen LogP contribution in [0.15, 0.2) is 30.5 Å². The van der Waals surface area contributed by atoms with E-state index in [0.29, 0.717) is 6.42 Å². The molecule has 1 aliphatic rings. The first-order valence-corrected chi connectivity index (χ1v) is 11.2. The predicted octanol–water partition coefficient (Wildman–Crippen LogP) is 1.67. The van der Waals surface area contributed by atoms with Crippen molar-refractivity contribution < 1.29 is 26.7 Å². The van der Waals surface area contributed by atoms with Crippen molar-refractivity contribution in [2.75, 3.05) is 24.7 Å². The van der Waals surface area contributed by atoms with Crippen LogP contribution in [0.3, 0.4) is 0 Å². The fourth-order valence-corrected chi connectivity index (χ4v) is 4.32. The number of hydrogen-bond acceptors (Lipinski definition) is 7. The van der Waals surface area contributed by atoms with E-state index in [0.717, 1.165) is 12.3 Å². The molecule has 0 unspecified atom stereocenters. The molecule has 1 fully saturated rings. The van der Waals surface area contributed by atoms with Crippen LogP contribution in [0, 0.1) is 5.82 Å². The Hall–Kier alpha value is -2.77. The number of pyridine rings is 1. The molecule has 3 aromatic rings. The maximum atomic E-state index is 14.4. The van der Waals surface area contributed by atoms with Gasteiger partial charge in [-0.3, -0.25) is 0 Å². The SMILES string of the molecule is CS(=O)(=O)N1CC[C@@H](Nc2ncc3c(F)cc(-c4cccc(C(F)F)n4)n3n2)[C@H](O)C1. The van der Waals surface area contributed by atoms with Gasteiger partial charge in [-0.15, -0.1) is 5.10 Å². The van der Waals surface area contributed by atoms with Crippen LogP contribution in [0.2, 0.25) is 0 Å². The van der Waals surface area contributed by atoms with E-state index in [-0.39, 0.29) is 35.9 Å². The molecule has 0 spiro atoms. The molecular weight excluding hydrogens is 437 g/mol. The Bertz CT molecular complexity index is 1220. The summed E-state index contributed by atoms with van der Waals surface area (Å²) < 4.78 is 66.1. The summed E-state index contributed by atoms with van der Waals surface area (Å²) in [7, 11) is -3.42. The number of aliphatic hydroxyl groups is 1. The zero-order valence-electron chi connectivity index (χ0n) is 16.3. The van der Waals surface area contributed by atoms with Gasteiger partial charge in [0.15, 0.2) is 5.82 Å². The number of piperidine rings is 1. The highest BCUT2D eigenvalue weighted by Gasteiger charge is 2.32. The van der Waals surface area contributed by atoms with Crippen molar-refractivity contribution in [2.45, 2.75) is 25.0 Å². The van der Waals surface area contributed by atoms with Crippen LogP contribution in [-0.2, 0) is 10.0 Å². The minimum Gasteiger partial charge on any atom is -0.390 e. The van der Waals surface area contributed by atoms with Crippen molar-refractivity contribution >= 4 is 21.5 Å². The first-order valence-electron chi connectivity index (χ1n) is 9.33. The Morgan fingerprint density at radius 2 is 2.10 bits per heavy atom. The number of rotatable bonds is 5. The Labute approximate surface area is 175 Å². The Morgan fingerprint density at radius 3 is 2.77 bits per heavy atom. The summed E-state index contributed by atoms with van der Waals surface area (Å²) in [6, 6.07) is 4.64. The van der Waals surface area contributed by atoms with Gasteiger partial charge in [0.2, 0.25) is 16.0 Å². The van der Waals surface area contributed by atoms with Gasteiger partial charge in [-0.05, 0) is 18.6 Å². The molecule has 3 aromatic heterocycles. The van der Waals surface area contributed by atoms with Crippen molar-refractivity contribution in [3.8, 4) is 11.4 Å². The summed E-state index contributed by atoms with van der Waals surface area (Å²) in [5.74, 6) is -0.585. The molecular formula is C18H19F3N6O3S. The minimum atomic E-state index is -3.42. The van der Waals surface area contributed by atoms with Crippen LogP contribution < -0.4 is 5.32 Å². The van der Waals surface area contributed by atoms with Crippen LogP contribution in [0.1, 0.15) is 18.5 Å². The first-order chi connectivity index (χ1) is 14.6. The molecule has 13 heteroatoms. The summed E-state index contributed by atoms with van der Waals surface area (Å²) in [5, 5.41) is 17.5. The second kappa shape index (κ2) is 8.05. The molecule has 31 heavy (non-hydrogen) atoms. The standard InChI is InChI=1S/C18H19F3N6O3S/c1-31(29,30)26-6-5-12(16(28)9-26)24-18-22-8-15-10(19)7-14(27(15)25-18)11-3-2-4-13(23-11)17(20)21/h2-4,7-8,12,16-17,28H,5-6,9H2,1H3,(H,24,25)/t12-,16-/m1/s1. The fourth-order valence-electron chi connectivity index (χ4n) is 3.46. The number of aliphatic hydroxyl groups excluding tert-OH is 1. The lowest BCUT2D eigenvalue weighted by Gasteiger charge is -2.34. The molecule has 1 saturated heterocycles. The third kappa shape index (κ3) is 4.34. The highest BCUT2D eigenvalue weighted by molar-refractivity contribution is 7.88. The van der Waals surface area contributed by atoms with Gasteiger partial charge in [-0.1, -0.05) is 6.07 Å². The van der Waals surface area contributed by atoms with Crippen LogP contribution >= 0.6 is 0 Å². The lowest BCUT2D eigenvalue weighted by molar-refractivity contribution is 0.0950. The second-order valence-electron chi connectivity index (χ2n) is 7.23. The highest BCUT2D eigenvalue weighted by Crippen LogP contribution is 2.26. The summed E-state index contributed by atoms with van der Waals surface area (Å²) in [4.78, 5) is 7.92. The number of β-amino-alcohol motifs (C(OH)–C–C–N with tert-alkyl or cyclic N) is 1. The van der Waals surface area contributed by atoms with Gasteiger partial charge in [0, 0.05) is 19.2 Å². The Balaban J connectivity index is 1.63. The third-order valence-electron chi connectivity index (χ3n) is 5.05. The first kappa shape index (κ1) is 21.5. The van der Waals surface area contributed by atoms with E-state index in [4.69, 9.17) is 0 Å². The largest absolute Gasteiger partial charge is 0.390 e. The lowest BCUT2D eigenvalue weighted by Crippen LogP contribution is -2.51. The number of hydrogen-bond donors (Lipinski definition) is 2. The summed E-state index contributed by atoms with van der Waals surface area (Å²) in [6.45, 7) is 0.135. The van der Waals surface area contributed by atoms with Gasteiger partial charge in [-0.2, -0.15) is 4.31 Å². The van der Waals surface area contributed by atoms with Crippen LogP contribution in [-0.4, -0.2) is 68.9 Å². The van der Waals surface area contributed by atoms with Crippen molar-refractivity contribution in [1.82, 2.24) is 23.9 Å². The van der Waals surface area contributed by atoms with Gasteiger partial charge in [0.05, 0.1) is 36.0 Å². The quantitative estimate of drug-likeness (QED) is 0.601. The van der Waals surface area contributed by atoms with Crippen molar-refractivity contribution in [3.63, 3.8) is 0 Å². The molecule has 9 nitrogen and oxygen atoms in total. The average molecular weight is 456 g/mol. The number of nitrogens with zero attached hydrogens (tertiary/aromatic N) is 5. The summed E-state index contributed by atoms with van der Waals surface area (Å²) >= 11 is 0. The predicted molar refractivity (Wildman–Crippen MR) is 106 cm³/mol. The second-order valence-corrected chi connectivity index (χ2v) is 9.22.